The Kier molecular flexibility index (Phi) is 5.09. The molecule has 1 saturated heterocycles. The second-order valence-corrected chi connectivity index (χ2v) is 4.79. The lowest BCUT2D eigenvalue weighted by molar-refractivity contribution is 0.0894. The average molecular weight is 279 g/mol. The van der Waals surface area contributed by atoms with Crippen LogP contribution in [0.15, 0.2) is 18.2 Å². The number of rotatable bonds is 4. The summed E-state index contributed by atoms with van der Waals surface area (Å²) in [5.41, 5.74) is 0.882. The molecule has 0 saturated carbocycles. The first-order valence-electron chi connectivity index (χ1n) is 6.87. The number of piperidine rings is 1. The third-order valence-corrected chi connectivity index (χ3v) is 3.42. The second kappa shape index (κ2) is 7.03. The van der Waals surface area contributed by atoms with Gasteiger partial charge in [0.15, 0.2) is 11.5 Å². The van der Waals surface area contributed by atoms with Crippen LogP contribution >= 0.6 is 0 Å². The van der Waals surface area contributed by atoms with Crippen LogP contribution in [0.5, 0.6) is 11.5 Å². The van der Waals surface area contributed by atoms with Gasteiger partial charge in [0, 0.05) is 13.1 Å². The summed E-state index contributed by atoms with van der Waals surface area (Å²) in [5.74, 6) is 1.30. The molecule has 0 bridgehead atoms. The van der Waals surface area contributed by atoms with Crippen molar-refractivity contribution in [3.05, 3.63) is 23.8 Å². The molecule has 0 unspecified atom stereocenters. The molecule has 0 spiro atoms. The fourth-order valence-electron chi connectivity index (χ4n) is 2.28. The quantitative estimate of drug-likeness (QED) is 0.850. The lowest BCUT2D eigenvalue weighted by atomic mass is 10.1. The summed E-state index contributed by atoms with van der Waals surface area (Å²) < 4.78 is 15.7. The minimum atomic E-state index is -0.237. The number of hydrogen-bond donors (Lipinski definition) is 0. The molecule has 110 valence electrons. The smallest absolute Gasteiger partial charge is 0.410 e. The molecular formula is C15H21NO4. The molecule has 5 nitrogen and oxygen atoms in total. The van der Waals surface area contributed by atoms with E-state index < -0.39 is 0 Å². The lowest BCUT2D eigenvalue weighted by Gasteiger charge is -2.25. The van der Waals surface area contributed by atoms with Crippen LogP contribution in [0.25, 0.3) is 0 Å². The van der Waals surface area contributed by atoms with Gasteiger partial charge in [-0.25, -0.2) is 4.79 Å². The van der Waals surface area contributed by atoms with E-state index in [1.807, 2.05) is 18.2 Å². The van der Waals surface area contributed by atoms with Crippen molar-refractivity contribution in [3.63, 3.8) is 0 Å². The Bertz CT molecular complexity index is 455. The number of carbonyl (C=O) groups is 1. The molecule has 1 aliphatic rings. The van der Waals surface area contributed by atoms with Crippen LogP contribution in [0.1, 0.15) is 24.8 Å². The normalized spacial score (nSPS) is 14.8. The van der Waals surface area contributed by atoms with Crippen LogP contribution in [-0.4, -0.2) is 38.3 Å². The zero-order valence-electron chi connectivity index (χ0n) is 12.1. The molecule has 5 heteroatoms. The number of ether oxygens (including phenoxy) is 3. The van der Waals surface area contributed by atoms with E-state index in [4.69, 9.17) is 14.2 Å². The molecule has 0 atom stereocenters. The number of benzene rings is 1. The first-order chi connectivity index (χ1) is 9.74. The molecule has 20 heavy (non-hydrogen) atoms. The van der Waals surface area contributed by atoms with Crippen molar-refractivity contribution in [2.45, 2.75) is 25.9 Å². The van der Waals surface area contributed by atoms with E-state index in [0.717, 1.165) is 31.5 Å². The average Bonchev–Trinajstić information content (AvgIpc) is 2.53. The van der Waals surface area contributed by atoms with E-state index in [0.29, 0.717) is 11.5 Å². The SMILES string of the molecule is COc1ccc(COC(=O)N2CCCCC2)cc1OC. The van der Waals surface area contributed by atoms with Crippen LogP contribution in [0.2, 0.25) is 0 Å². The van der Waals surface area contributed by atoms with E-state index in [1.54, 1.807) is 19.1 Å². The van der Waals surface area contributed by atoms with E-state index in [1.165, 1.54) is 6.42 Å². The van der Waals surface area contributed by atoms with Gasteiger partial charge in [-0.1, -0.05) is 6.07 Å². The monoisotopic (exact) mass is 279 g/mol. The summed E-state index contributed by atoms with van der Waals surface area (Å²) in [6, 6.07) is 5.50. The Morgan fingerprint density at radius 2 is 1.80 bits per heavy atom. The third-order valence-electron chi connectivity index (χ3n) is 3.42. The van der Waals surface area contributed by atoms with Crippen molar-refractivity contribution >= 4 is 6.09 Å². The summed E-state index contributed by atoms with van der Waals surface area (Å²) in [4.78, 5) is 13.7. The maximum Gasteiger partial charge on any atom is 0.410 e. The summed E-state index contributed by atoms with van der Waals surface area (Å²) in [5, 5.41) is 0. The summed E-state index contributed by atoms with van der Waals surface area (Å²) in [7, 11) is 3.18. The Balaban J connectivity index is 1.91. The van der Waals surface area contributed by atoms with Crippen molar-refractivity contribution < 1.29 is 19.0 Å². The molecule has 0 aromatic heterocycles. The first kappa shape index (κ1) is 14.5. The number of amides is 1. The van der Waals surface area contributed by atoms with Crippen LogP contribution in [0.4, 0.5) is 4.79 Å². The number of methoxy groups -OCH3 is 2. The highest BCUT2D eigenvalue weighted by Gasteiger charge is 2.17. The molecule has 1 heterocycles. The van der Waals surface area contributed by atoms with E-state index >= 15 is 0 Å². The lowest BCUT2D eigenvalue weighted by Crippen LogP contribution is -2.35. The van der Waals surface area contributed by atoms with Crippen molar-refractivity contribution in [1.29, 1.82) is 0 Å². The molecule has 0 N–H and O–H groups in total. The fraction of sp³-hybridized carbons (Fsp3) is 0.533. The summed E-state index contributed by atoms with van der Waals surface area (Å²) in [6.07, 6.45) is 3.08. The summed E-state index contributed by atoms with van der Waals surface area (Å²) >= 11 is 0. The standard InChI is InChI=1S/C15H21NO4/c1-18-13-7-6-12(10-14(13)19-2)11-20-15(17)16-8-4-3-5-9-16/h6-7,10H,3-5,8-9,11H2,1-2H3. The maximum absolute atomic E-state index is 11.9. The summed E-state index contributed by atoms with van der Waals surface area (Å²) in [6.45, 7) is 1.84. The minimum absolute atomic E-state index is 0.237. The van der Waals surface area contributed by atoms with Crippen molar-refractivity contribution in [2.75, 3.05) is 27.3 Å². The Morgan fingerprint density at radius 1 is 1.10 bits per heavy atom. The topological polar surface area (TPSA) is 48.0 Å². The highest BCUT2D eigenvalue weighted by Crippen LogP contribution is 2.27. The van der Waals surface area contributed by atoms with Gasteiger partial charge >= 0.3 is 6.09 Å². The predicted octanol–water partition coefficient (Wildman–Crippen LogP) is 2.83. The van der Waals surface area contributed by atoms with Gasteiger partial charge in [0.1, 0.15) is 6.61 Å². The van der Waals surface area contributed by atoms with Crippen molar-refractivity contribution in [2.24, 2.45) is 0 Å². The van der Waals surface area contributed by atoms with E-state index in [-0.39, 0.29) is 12.7 Å². The molecule has 1 aromatic carbocycles. The minimum Gasteiger partial charge on any atom is -0.493 e. The fourth-order valence-corrected chi connectivity index (χ4v) is 2.28. The number of likely N-dealkylation sites (tertiary alicyclic amines) is 1. The first-order valence-corrected chi connectivity index (χ1v) is 6.87. The van der Waals surface area contributed by atoms with Crippen LogP contribution < -0.4 is 9.47 Å². The zero-order valence-corrected chi connectivity index (χ0v) is 12.1. The van der Waals surface area contributed by atoms with Gasteiger partial charge in [-0.15, -0.1) is 0 Å². The highest BCUT2D eigenvalue weighted by atomic mass is 16.6. The molecule has 1 aromatic rings. The van der Waals surface area contributed by atoms with Crippen LogP contribution in [0, 0.1) is 0 Å². The highest BCUT2D eigenvalue weighted by molar-refractivity contribution is 5.67. The van der Waals surface area contributed by atoms with Gasteiger partial charge in [0.05, 0.1) is 14.2 Å². The molecule has 1 fully saturated rings. The van der Waals surface area contributed by atoms with E-state index in [9.17, 15) is 4.79 Å². The van der Waals surface area contributed by atoms with Gasteiger partial charge in [-0.05, 0) is 37.0 Å². The zero-order chi connectivity index (χ0) is 14.4. The Hall–Kier alpha value is -1.91. The Labute approximate surface area is 119 Å². The molecule has 2 rings (SSSR count). The predicted molar refractivity (Wildman–Crippen MR) is 75.2 cm³/mol. The molecule has 0 radical (unpaired) electrons. The van der Waals surface area contributed by atoms with Gasteiger partial charge in [-0.3, -0.25) is 0 Å². The van der Waals surface area contributed by atoms with Crippen LogP contribution in [0.3, 0.4) is 0 Å². The largest absolute Gasteiger partial charge is 0.493 e. The van der Waals surface area contributed by atoms with Gasteiger partial charge < -0.3 is 19.1 Å². The van der Waals surface area contributed by atoms with Crippen LogP contribution in [-0.2, 0) is 11.3 Å². The van der Waals surface area contributed by atoms with Gasteiger partial charge in [-0.2, -0.15) is 0 Å². The Morgan fingerprint density at radius 3 is 2.45 bits per heavy atom. The van der Waals surface area contributed by atoms with E-state index in [2.05, 4.69) is 0 Å². The molecule has 1 amide bonds. The van der Waals surface area contributed by atoms with Crippen molar-refractivity contribution in [1.82, 2.24) is 4.90 Å². The van der Waals surface area contributed by atoms with Gasteiger partial charge in [0.2, 0.25) is 0 Å². The number of carbonyl (C=O) groups excluding carboxylic acids is 1. The molecule has 1 aliphatic heterocycles. The van der Waals surface area contributed by atoms with Gasteiger partial charge in [0.25, 0.3) is 0 Å². The van der Waals surface area contributed by atoms with Crippen molar-refractivity contribution in [3.8, 4) is 11.5 Å². The second-order valence-electron chi connectivity index (χ2n) is 4.79. The number of hydrogen-bond acceptors (Lipinski definition) is 4. The third kappa shape index (κ3) is 3.56. The number of nitrogens with zero attached hydrogens (tertiary/aromatic N) is 1. The maximum atomic E-state index is 11.9. The molecule has 0 aliphatic carbocycles. The molecular weight excluding hydrogens is 258 g/mol.